The fraction of sp³-hybridized carbons (Fsp3) is 0.118. The Hall–Kier alpha value is -2.15. The van der Waals surface area contributed by atoms with Crippen molar-refractivity contribution in [3.8, 4) is 16.3 Å². The molecule has 128 valence electrons. The SMILES string of the molecule is C/C(=N\Nc1ncc(Cl)cc1Cl)c1sc(-c2ccc(O)cc2)nc1C. The molecule has 0 spiro atoms. The van der Waals surface area contributed by atoms with Crippen molar-refractivity contribution in [2.24, 2.45) is 5.10 Å². The average molecular weight is 393 g/mol. The van der Waals surface area contributed by atoms with Crippen LogP contribution in [0.4, 0.5) is 5.82 Å². The van der Waals surface area contributed by atoms with Gasteiger partial charge in [-0.3, -0.25) is 5.43 Å². The lowest BCUT2D eigenvalue weighted by molar-refractivity contribution is 0.475. The van der Waals surface area contributed by atoms with Crippen molar-refractivity contribution in [1.82, 2.24) is 9.97 Å². The maximum atomic E-state index is 9.40. The van der Waals surface area contributed by atoms with Crippen LogP contribution in [0.5, 0.6) is 5.75 Å². The molecule has 0 aliphatic heterocycles. The summed E-state index contributed by atoms with van der Waals surface area (Å²) in [6.45, 7) is 3.82. The number of phenols is 1. The van der Waals surface area contributed by atoms with Gasteiger partial charge in [-0.05, 0) is 44.2 Å². The molecule has 0 saturated carbocycles. The van der Waals surface area contributed by atoms with Crippen molar-refractivity contribution in [1.29, 1.82) is 0 Å². The molecule has 2 heterocycles. The fourth-order valence-corrected chi connectivity index (χ4v) is 3.58. The van der Waals surface area contributed by atoms with Crippen molar-refractivity contribution >= 4 is 46.1 Å². The van der Waals surface area contributed by atoms with E-state index >= 15 is 0 Å². The quantitative estimate of drug-likeness (QED) is 0.462. The average Bonchev–Trinajstić information content (AvgIpc) is 2.96. The zero-order chi connectivity index (χ0) is 18.0. The third-order valence-corrected chi connectivity index (χ3v) is 5.19. The number of rotatable bonds is 4. The second-order valence-electron chi connectivity index (χ2n) is 5.27. The van der Waals surface area contributed by atoms with Crippen LogP contribution in [0.25, 0.3) is 10.6 Å². The lowest BCUT2D eigenvalue weighted by Crippen LogP contribution is -2.01. The molecular formula is C17H14Cl2N4OS. The molecule has 1 aromatic carbocycles. The van der Waals surface area contributed by atoms with E-state index in [1.165, 1.54) is 17.5 Å². The number of benzene rings is 1. The molecule has 3 aromatic rings. The smallest absolute Gasteiger partial charge is 0.165 e. The third-order valence-electron chi connectivity index (χ3n) is 3.38. The molecule has 5 nitrogen and oxygen atoms in total. The van der Waals surface area contributed by atoms with Crippen LogP contribution in [0.15, 0.2) is 41.6 Å². The van der Waals surface area contributed by atoms with Gasteiger partial charge in [-0.2, -0.15) is 5.10 Å². The Labute approximate surface area is 159 Å². The van der Waals surface area contributed by atoms with E-state index < -0.39 is 0 Å². The van der Waals surface area contributed by atoms with Crippen molar-refractivity contribution in [2.75, 3.05) is 5.43 Å². The van der Waals surface area contributed by atoms with E-state index in [-0.39, 0.29) is 5.75 Å². The second-order valence-corrected chi connectivity index (χ2v) is 7.12. The molecule has 0 radical (unpaired) electrons. The van der Waals surface area contributed by atoms with Gasteiger partial charge in [0.25, 0.3) is 0 Å². The van der Waals surface area contributed by atoms with Crippen LogP contribution in [0.1, 0.15) is 17.5 Å². The Morgan fingerprint density at radius 1 is 1.24 bits per heavy atom. The van der Waals surface area contributed by atoms with E-state index in [0.29, 0.717) is 15.9 Å². The van der Waals surface area contributed by atoms with Gasteiger partial charge in [0.05, 0.1) is 26.3 Å². The van der Waals surface area contributed by atoms with Gasteiger partial charge in [0, 0.05) is 11.8 Å². The van der Waals surface area contributed by atoms with Crippen LogP contribution in [-0.4, -0.2) is 20.8 Å². The summed E-state index contributed by atoms with van der Waals surface area (Å²) in [5, 5.41) is 15.5. The minimum Gasteiger partial charge on any atom is -0.508 e. The Morgan fingerprint density at radius 2 is 1.96 bits per heavy atom. The fourth-order valence-electron chi connectivity index (χ4n) is 2.14. The first-order valence-electron chi connectivity index (χ1n) is 7.32. The second kappa shape index (κ2) is 7.39. The molecule has 25 heavy (non-hydrogen) atoms. The number of aromatic hydroxyl groups is 1. The number of aromatic nitrogens is 2. The number of pyridine rings is 1. The van der Waals surface area contributed by atoms with Crippen LogP contribution in [0.3, 0.4) is 0 Å². The van der Waals surface area contributed by atoms with Crippen molar-refractivity contribution in [3.05, 3.63) is 57.1 Å². The number of thiazole rings is 1. The van der Waals surface area contributed by atoms with Gasteiger partial charge in [-0.1, -0.05) is 23.2 Å². The summed E-state index contributed by atoms with van der Waals surface area (Å²) in [5.74, 6) is 0.665. The van der Waals surface area contributed by atoms with Gasteiger partial charge in [0.1, 0.15) is 10.8 Å². The first kappa shape index (κ1) is 17.7. The number of nitrogens with one attached hydrogen (secondary N) is 1. The van der Waals surface area contributed by atoms with Crippen LogP contribution >= 0.6 is 34.5 Å². The van der Waals surface area contributed by atoms with Crippen molar-refractivity contribution in [2.45, 2.75) is 13.8 Å². The normalized spacial score (nSPS) is 11.6. The number of hydrazone groups is 1. The monoisotopic (exact) mass is 392 g/mol. The molecule has 8 heteroatoms. The van der Waals surface area contributed by atoms with Gasteiger partial charge < -0.3 is 5.11 Å². The molecule has 0 aliphatic carbocycles. The number of phenolic OH excluding ortho intramolecular Hbond substituents is 1. The zero-order valence-corrected chi connectivity index (χ0v) is 15.7. The van der Waals surface area contributed by atoms with E-state index in [2.05, 4.69) is 20.5 Å². The predicted octanol–water partition coefficient (Wildman–Crippen LogP) is 5.36. The minimum absolute atomic E-state index is 0.228. The molecule has 0 bridgehead atoms. The van der Waals surface area contributed by atoms with Gasteiger partial charge >= 0.3 is 0 Å². The van der Waals surface area contributed by atoms with Crippen LogP contribution < -0.4 is 5.43 Å². The minimum atomic E-state index is 0.228. The largest absolute Gasteiger partial charge is 0.508 e. The predicted molar refractivity (Wildman–Crippen MR) is 104 cm³/mol. The number of anilines is 1. The van der Waals surface area contributed by atoms with Gasteiger partial charge in [0.2, 0.25) is 0 Å². The van der Waals surface area contributed by atoms with E-state index in [9.17, 15) is 5.11 Å². The Bertz CT molecular complexity index is 938. The van der Waals surface area contributed by atoms with Crippen molar-refractivity contribution in [3.63, 3.8) is 0 Å². The van der Waals surface area contributed by atoms with Crippen LogP contribution in [-0.2, 0) is 0 Å². The number of hydrogen-bond donors (Lipinski definition) is 2. The molecule has 0 aliphatic rings. The summed E-state index contributed by atoms with van der Waals surface area (Å²) in [6, 6.07) is 8.55. The van der Waals surface area contributed by atoms with Crippen molar-refractivity contribution < 1.29 is 5.11 Å². The molecule has 0 saturated heterocycles. The molecule has 0 unspecified atom stereocenters. The first-order chi connectivity index (χ1) is 11.9. The van der Waals surface area contributed by atoms with E-state index in [4.69, 9.17) is 23.2 Å². The summed E-state index contributed by atoms with van der Waals surface area (Å²) < 4.78 is 0. The number of hydrogen-bond acceptors (Lipinski definition) is 6. The molecular weight excluding hydrogens is 379 g/mol. The van der Waals surface area contributed by atoms with Crippen LogP contribution in [0.2, 0.25) is 10.0 Å². The van der Waals surface area contributed by atoms with Gasteiger partial charge in [-0.15, -0.1) is 11.3 Å². The highest BCUT2D eigenvalue weighted by atomic mass is 35.5. The molecule has 3 rings (SSSR count). The van der Waals surface area contributed by atoms with Gasteiger partial charge in [0.15, 0.2) is 5.82 Å². The van der Waals surface area contributed by atoms with E-state index in [1.807, 2.05) is 26.0 Å². The van der Waals surface area contributed by atoms with E-state index in [1.54, 1.807) is 18.2 Å². The maximum absolute atomic E-state index is 9.40. The standard InChI is InChI=1S/C17H14Cl2N4OS/c1-9-15(25-17(21-9)11-3-5-13(24)6-4-11)10(2)22-23-16-14(19)7-12(18)8-20-16/h3-8,24H,1-2H3,(H,20,23)/b22-10+. The summed E-state index contributed by atoms with van der Waals surface area (Å²) in [6.07, 6.45) is 1.50. The summed E-state index contributed by atoms with van der Waals surface area (Å²) in [4.78, 5) is 9.65. The molecule has 0 fully saturated rings. The Balaban J connectivity index is 1.84. The molecule has 2 N–H and O–H groups in total. The third kappa shape index (κ3) is 4.10. The van der Waals surface area contributed by atoms with Crippen LogP contribution in [0, 0.1) is 6.92 Å². The Kier molecular flexibility index (Phi) is 5.22. The van der Waals surface area contributed by atoms with E-state index in [0.717, 1.165) is 26.9 Å². The maximum Gasteiger partial charge on any atom is 0.165 e. The number of halogens is 2. The van der Waals surface area contributed by atoms with Gasteiger partial charge in [-0.25, -0.2) is 9.97 Å². The number of nitrogens with zero attached hydrogens (tertiary/aromatic N) is 3. The molecule has 2 aromatic heterocycles. The highest BCUT2D eigenvalue weighted by Crippen LogP contribution is 2.29. The summed E-state index contributed by atoms with van der Waals surface area (Å²) in [7, 11) is 0. The summed E-state index contributed by atoms with van der Waals surface area (Å²) in [5.41, 5.74) is 5.45. The first-order valence-corrected chi connectivity index (χ1v) is 8.90. The highest BCUT2D eigenvalue weighted by molar-refractivity contribution is 7.17. The topological polar surface area (TPSA) is 70.4 Å². The lowest BCUT2D eigenvalue weighted by atomic mass is 10.2. The number of aryl methyl sites for hydroxylation is 1. The highest BCUT2D eigenvalue weighted by Gasteiger charge is 2.12. The summed E-state index contributed by atoms with van der Waals surface area (Å²) >= 11 is 13.4. The molecule has 0 amide bonds. The lowest BCUT2D eigenvalue weighted by Gasteiger charge is -2.04. The zero-order valence-electron chi connectivity index (χ0n) is 13.4. The Morgan fingerprint density at radius 3 is 2.64 bits per heavy atom. The molecule has 0 atom stereocenters.